The number of aromatic nitrogens is 2. The second-order valence-corrected chi connectivity index (χ2v) is 8.00. The highest BCUT2D eigenvalue weighted by atomic mass is 16.5. The van der Waals surface area contributed by atoms with Crippen molar-refractivity contribution in [2.75, 3.05) is 42.1 Å². The van der Waals surface area contributed by atoms with Gasteiger partial charge in [0, 0.05) is 18.2 Å². The quantitative estimate of drug-likeness (QED) is 0.420. The van der Waals surface area contributed by atoms with Crippen LogP contribution in [0.25, 0.3) is 11.4 Å². The fourth-order valence-electron chi connectivity index (χ4n) is 4.34. The largest absolute Gasteiger partial charge is 0.493 e. The van der Waals surface area contributed by atoms with Crippen molar-refractivity contribution >= 4 is 5.97 Å². The Morgan fingerprint density at radius 1 is 0.971 bits per heavy atom. The molecule has 4 rings (SSSR count). The summed E-state index contributed by atoms with van der Waals surface area (Å²) in [6.45, 7) is 1.06. The number of hydrogen-bond donors (Lipinski definition) is 0. The molecule has 1 atom stereocenters. The average Bonchev–Trinajstić information content (AvgIpc) is 3.37. The first-order valence-electron chi connectivity index (χ1n) is 11.1. The standard InChI is InChI=1S/C25H29N3O7/c1-30-19-7-6-16(11-20(19)31-2)25-26-23(35-27-25)14-28-9-8-15-10-21(32-3)22(33-4)12-17(15)18(28)13-24(29)34-5/h6-7,10-12,18H,8-9,13-14H2,1-5H3/t18-/m0/s1. The lowest BCUT2D eigenvalue weighted by molar-refractivity contribution is -0.142. The highest BCUT2D eigenvalue weighted by molar-refractivity contribution is 5.70. The molecule has 0 fully saturated rings. The van der Waals surface area contributed by atoms with Crippen molar-refractivity contribution in [1.82, 2.24) is 15.0 Å². The molecule has 1 aliphatic heterocycles. The first-order valence-corrected chi connectivity index (χ1v) is 11.1. The molecule has 1 aliphatic rings. The Morgan fingerprint density at radius 3 is 2.34 bits per heavy atom. The van der Waals surface area contributed by atoms with Crippen LogP contribution in [0.5, 0.6) is 23.0 Å². The van der Waals surface area contributed by atoms with E-state index < -0.39 is 0 Å². The predicted octanol–water partition coefficient (Wildman–Crippen LogP) is 3.43. The molecule has 3 aromatic rings. The number of esters is 1. The minimum absolute atomic E-state index is 0.176. The van der Waals surface area contributed by atoms with Crippen molar-refractivity contribution in [3.63, 3.8) is 0 Å². The molecule has 0 amide bonds. The van der Waals surface area contributed by atoms with Gasteiger partial charge in [-0.2, -0.15) is 4.98 Å². The molecule has 0 aliphatic carbocycles. The van der Waals surface area contributed by atoms with Gasteiger partial charge in [-0.15, -0.1) is 0 Å². The fraction of sp³-hybridized carbons (Fsp3) is 0.400. The highest BCUT2D eigenvalue weighted by Crippen LogP contribution is 2.40. The normalized spacial score (nSPS) is 15.3. The number of hydrogen-bond acceptors (Lipinski definition) is 10. The number of methoxy groups -OCH3 is 5. The van der Waals surface area contributed by atoms with Gasteiger partial charge in [0.05, 0.1) is 48.5 Å². The van der Waals surface area contributed by atoms with Crippen LogP contribution in [0.1, 0.15) is 29.5 Å². The van der Waals surface area contributed by atoms with Gasteiger partial charge in [0.25, 0.3) is 0 Å². The van der Waals surface area contributed by atoms with Crippen LogP contribution in [0.3, 0.4) is 0 Å². The van der Waals surface area contributed by atoms with Crippen molar-refractivity contribution in [2.45, 2.75) is 25.4 Å². The van der Waals surface area contributed by atoms with Crippen LogP contribution in [0.15, 0.2) is 34.9 Å². The zero-order valence-electron chi connectivity index (χ0n) is 20.5. The fourth-order valence-corrected chi connectivity index (χ4v) is 4.34. The zero-order valence-corrected chi connectivity index (χ0v) is 20.5. The highest BCUT2D eigenvalue weighted by Gasteiger charge is 2.32. The summed E-state index contributed by atoms with van der Waals surface area (Å²) in [5.74, 6) is 3.03. The zero-order chi connectivity index (χ0) is 24.9. The molecule has 1 aromatic heterocycles. The number of rotatable bonds is 9. The van der Waals surface area contributed by atoms with E-state index >= 15 is 0 Å². The minimum Gasteiger partial charge on any atom is -0.493 e. The summed E-state index contributed by atoms with van der Waals surface area (Å²) >= 11 is 0. The molecule has 10 nitrogen and oxygen atoms in total. The number of ether oxygens (including phenoxy) is 5. The van der Waals surface area contributed by atoms with Crippen LogP contribution in [-0.2, 0) is 22.5 Å². The van der Waals surface area contributed by atoms with E-state index in [2.05, 4.69) is 15.0 Å². The summed E-state index contributed by atoms with van der Waals surface area (Å²) in [6, 6.07) is 9.08. The monoisotopic (exact) mass is 483 g/mol. The molecule has 0 bridgehead atoms. The SMILES string of the molecule is COC(=O)C[C@H]1c2cc(OC)c(OC)cc2CCN1Cc1nc(-c2ccc(OC)c(OC)c2)no1. The molecule has 0 saturated carbocycles. The maximum atomic E-state index is 12.3. The summed E-state index contributed by atoms with van der Waals surface area (Å²) in [5.41, 5.74) is 2.83. The molecule has 0 radical (unpaired) electrons. The van der Waals surface area contributed by atoms with Crippen molar-refractivity contribution < 1.29 is 33.0 Å². The molecule has 0 N–H and O–H groups in total. The van der Waals surface area contributed by atoms with Gasteiger partial charge in [0.15, 0.2) is 23.0 Å². The van der Waals surface area contributed by atoms with E-state index in [9.17, 15) is 4.79 Å². The molecular weight excluding hydrogens is 454 g/mol. The Morgan fingerprint density at radius 2 is 1.66 bits per heavy atom. The summed E-state index contributed by atoms with van der Waals surface area (Å²) in [6.07, 6.45) is 0.944. The third kappa shape index (κ3) is 5.02. The summed E-state index contributed by atoms with van der Waals surface area (Å²) in [4.78, 5) is 19.0. The molecule has 0 saturated heterocycles. The Kier molecular flexibility index (Phi) is 7.40. The first-order chi connectivity index (χ1) is 17.0. The van der Waals surface area contributed by atoms with Gasteiger partial charge in [-0.05, 0) is 47.9 Å². The van der Waals surface area contributed by atoms with E-state index in [1.54, 1.807) is 40.6 Å². The number of nitrogens with zero attached hydrogens (tertiary/aromatic N) is 3. The molecule has 10 heteroatoms. The molecule has 2 aromatic carbocycles. The van der Waals surface area contributed by atoms with E-state index in [-0.39, 0.29) is 18.4 Å². The lowest BCUT2D eigenvalue weighted by atomic mass is 9.90. The molecule has 2 heterocycles. The van der Waals surface area contributed by atoms with Crippen LogP contribution < -0.4 is 18.9 Å². The van der Waals surface area contributed by atoms with Crippen LogP contribution in [0.2, 0.25) is 0 Å². The third-order valence-corrected chi connectivity index (χ3v) is 6.15. The summed E-state index contributed by atoms with van der Waals surface area (Å²) in [7, 11) is 7.74. The Balaban J connectivity index is 1.61. The lowest BCUT2D eigenvalue weighted by Crippen LogP contribution is -2.36. The molecular formula is C25H29N3O7. The Hall–Kier alpha value is -3.79. The maximum Gasteiger partial charge on any atom is 0.307 e. The smallest absolute Gasteiger partial charge is 0.307 e. The average molecular weight is 484 g/mol. The van der Waals surface area contributed by atoms with Gasteiger partial charge in [-0.3, -0.25) is 9.69 Å². The topological polar surface area (TPSA) is 105 Å². The van der Waals surface area contributed by atoms with Crippen molar-refractivity contribution in [1.29, 1.82) is 0 Å². The van der Waals surface area contributed by atoms with E-state index in [1.807, 2.05) is 18.2 Å². The second kappa shape index (κ2) is 10.6. The van der Waals surface area contributed by atoms with Gasteiger partial charge in [-0.25, -0.2) is 0 Å². The lowest BCUT2D eigenvalue weighted by Gasteiger charge is -2.36. The summed E-state index contributed by atoms with van der Waals surface area (Å²) in [5, 5.41) is 4.14. The van der Waals surface area contributed by atoms with Crippen LogP contribution >= 0.6 is 0 Å². The molecule has 186 valence electrons. The van der Waals surface area contributed by atoms with Gasteiger partial charge in [0.2, 0.25) is 11.7 Å². The first kappa shape index (κ1) is 24.3. The van der Waals surface area contributed by atoms with Crippen molar-refractivity contribution in [2.24, 2.45) is 0 Å². The Bertz CT molecular complexity index is 1190. The second-order valence-electron chi connectivity index (χ2n) is 8.00. The molecule has 0 unspecified atom stereocenters. The Labute approximate surface area is 203 Å². The van der Waals surface area contributed by atoms with Crippen LogP contribution in [-0.4, -0.2) is 63.1 Å². The molecule has 0 spiro atoms. The van der Waals surface area contributed by atoms with Gasteiger partial charge in [-0.1, -0.05) is 5.16 Å². The van der Waals surface area contributed by atoms with Crippen molar-refractivity contribution in [3.05, 3.63) is 47.3 Å². The van der Waals surface area contributed by atoms with Crippen molar-refractivity contribution in [3.8, 4) is 34.4 Å². The number of carbonyl (C=O) groups is 1. The predicted molar refractivity (Wildman–Crippen MR) is 126 cm³/mol. The van der Waals surface area contributed by atoms with E-state index in [0.29, 0.717) is 47.8 Å². The van der Waals surface area contributed by atoms with Crippen LogP contribution in [0, 0.1) is 0 Å². The van der Waals surface area contributed by atoms with Crippen LogP contribution in [0.4, 0.5) is 0 Å². The third-order valence-electron chi connectivity index (χ3n) is 6.15. The van der Waals surface area contributed by atoms with Gasteiger partial charge < -0.3 is 28.2 Å². The number of benzene rings is 2. The molecule has 35 heavy (non-hydrogen) atoms. The van der Waals surface area contributed by atoms with E-state index in [1.165, 1.54) is 7.11 Å². The van der Waals surface area contributed by atoms with Gasteiger partial charge >= 0.3 is 5.97 Å². The number of fused-ring (bicyclic) bond motifs is 1. The number of carbonyl (C=O) groups excluding carboxylic acids is 1. The van der Waals surface area contributed by atoms with E-state index in [0.717, 1.165) is 23.1 Å². The maximum absolute atomic E-state index is 12.3. The van der Waals surface area contributed by atoms with E-state index in [4.69, 9.17) is 28.2 Å². The summed E-state index contributed by atoms with van der Waals surface area (Å²) < 4.78 is 32.2. The van der Waals surface area contributed by atoms with Gasteiger partial charge in [0.1, 0.15) is 0 Å². The minimum atomic E-state index is -0.306.